The zero-order valence-electron chi connectivity index (χ0n) is 14.4. The van der Waals surface area contributed by atoms with E-state index in [1.807, 2.05) is 11.0 Å². The maximum atomic E-state index is 12.2. The summed E-state index contributed by atoms with van der Waals surface area (Å²) in [5.74, 6) is 1.59. The molecule has 0 spiro atoms. The molecule has 1 saturated heterocycles. The molecule has 1 unspecified atom stereocenters. The van der Waals surface area contributed by atoms with Crippen LogP contribution >= 0.6 is 12.4 Å². The van der Waals surface area contributed by atoms with E-state index in [1.54, 1.807) is 0 Å². The minimum atomic E-state index is 0. The van der Waals surface area contributed by atoms with Crippen molar-refractivity contribution in [3.05, 3.63) is 30.1 Å². The Bertz CT molecular complexity index is 697. The Balaban J connectivity index is 0.00000208. The molecule has 24 heavy (non-hydrogen) atoms. The molecule has 1 aromatic carbocycles. The quantitative estimate of drug-likeness (QED) is 0.921. The summed E-state index contributed by atoms with van der Waals surface area (Å²) in [7, 11) is 0. The fourth-order valence-electron chi connectivity index (χ4n) is 3.59. The highest BCUT2D eigenvalue weighted by atomic mass is 35.5. The predicted molar refractivity (Wildman–Crippen MR) is 99.6 cm³/mol. The van der Waals surface area contributed by atoms with Crippen LogP contribution < -0.4 is 5.73 Å². The minimum absolute atomic E-state index is 0. The van der Waals surface area contributed by atoms with E-state index in [0.717, 1.165) is 37.3 Å². The molecule has 1 aliphatic rings. The summed E-state index contributed by atoms with van der Waals surface area (Å²) >= 11 is 0. The fourth-order valence-corrected chi connectivity index (χ4v) is 3.59. The molecular formula is C18H27ClN4O. The number of fused-ring (bicyclic) bond motifs is 1. The third-order valence-electron chi connectivity index (χ3n) is 4.64. The Morgan fingerprint density at radius 1 is 1.38 bits per heavy atom. The molecule has 5 nitrogen and oxygen atoms in total. The van der Waals surface area contributed by atoms with Crippen molar-refractivity contribution in [2.24, 2.45) is 5.73 Å². The van der Waals surface area contributed by atoms with Gasteiger partial charge in [-0.15, -0.1) is 12.4 Å². The topological polar surface area (TPSA) is 64.2 Å². The smallest absolute Gasteiger partial charge is 0.223 e. The van der Waals surface area contributed by atoms with Gasteiger partial charge in [-0.05, 0) is 38.8 Å². The Labute approximate surface area is 149 Å². The molecule has 2 aromatic rings. The zero-order valence-corrected chi connectivity index (χ0v) is 15.3. The molecule has 2 N–H and O–H groups in total. The number of rotatable bonds is 4. The maximum absolute atomic E-state index is 12.2. The first kappa shape index (κ1) is 18.7. The summed E-state index contributed by atoms with van der Waals surface area (Å²) in [6.07, 6.45) is 2.55. The molecular weight excluding hydrogens is 324 g/mol. The van der Waals surface area contributed by atoms with Crippen LogP contribution in [0.4, 0.5) is 0 Å². The average molecular weight is 351 g/mol. The summed E-state index contributed by atoms with van der Waals surface area (Å²) in [5.41, 5.74) is 7.76. The van der Waals surface area contributed by atoms with E-state index >= 15 is 0 Å². The number of hydrogen-bond acceptors (Lipinski definition) is 3. The van der Waals surface area contributed by atoms with Gasteiger partial charge in [0.25, 0.3) is 0 Å². The van der Waals surface area contributed by atoms with Gasteiger partial charge in [0, 0.05) is 38.0 Å². The number of hydrogen-bond donors (Lipinski definition) is 1. The number of benzene rings is 1. The molecule has 0 saturated carbocycles. The first-order valence-electron chi connectivity index (χ1n) is 8.56. The lowest BCUT2D eigenvalue weighted by Gasteiger charge is -2.33. The largest absolute Gasteiger partial charge is 0.342 e. The first-order valence-corrected chi connectivity index (χ1v) is 8.56. The molecule has 3 rings (SSSR count). The Morgan fingerprint density at radius 3 is 2.83 bits per heavy atom. The second kappa shape index (κ2) is 7.99. The van der Waals surface area contributed by atoms with Crippen molar-refractivity contribution in [3.63, 3.8) is 0 Å². The van der Waals surface area contributed by atoms with Gasteiger partial charge in [0.1, 0.15) is 5.82 Å². The number of carbonyl (C=O) groups excluding carboxylic acids is 1. The second-order valence-electron chi connectivity index (χ2n) is 6.64. The first-order chi connectivity index (χ1) is 11.1. The van der Waals surface area contributed by atoms with Gasteiger partial charge in [-0.1, -0.05) is 12.1 Å². The number of nitrogens with zero attached hydrogens (tertiary/aromatic N) is 3. The van der Waals surface area contributed by atoms with Gasteiger partial charge >= 0.3 is 0 Å². The molecule has 1 aliphatic heterocycles. The summed E-state index contributed by atoms with van der Waals surface area (Å²) in [5, 5.41) is 0. The third kappa shape index (κ3) is 3.57. The molecule has 1 aromatic heterocycles. The van der Waals surface area contributed by atoms with Gasteiger partial charge in [0.05, 0.1) is 11.0 Å². The number of carbonyl (C=O) groups is 1. The van der Waals surface area contributed by atoms with Crippen LogP contribution in [0.15, 0.2) is 24.3 Å². The van der Waals surface area contributed by atoms with Crippen molar-refractivity contribution in [1.29, 1.82) is 0 Å². The van der Waals surface area contributed by atoms with Crippen LogP contribution in [-0.2, 0) is 4.79 Å². The summed E-state index contributed by atoms with van der Waals surface area (Å²) in [4.78, 5) is 19.0. The lowest BCUT2D eigenvalue weighted by atomic mass is 9.96. The normalized spacial score (nSPS) is 18.0. The van der Waals surface area contributed by atoms with Crippen molar-refractivity contribution in [3.8, 4) is 0 Å². The van der Waals surface area contributed by atoms with Crippen molar-refractivity contribution >= 4 is 29.3 Å². The highest BCUT2D eigenvalue weighted by Gasteiger charge is 2.28. The van der Waals surface area contributed by atoms with Crippen molar-refractivity contribution in [1.82, 2.24) is 14.5 Å². The van der Waals surface area contributed by atoms with E-state index in [9.17, 15) is 4.79 Å². The zero-order chi connectivity index (χ0) is 16.4. The molecule has 0 radical (unpaired) electrons. The summed E-state index contributed by atoms with van der Waals surface area (Å²) in [6, 6.07) is 8.64. The van der Waals surface area contributed by atoms with Gasteiger partial charge in [-0.2, -0.15) is 0 Å². The molecule has 132 valence electrons. The molecule has 1 fully saturated rings. The Morgan fingerprint density at radius 2 is 2.12 bits per heavy atom. The van der Waals surface area contributed by atoms with Crippen LogP contribution in [0.25, 0.3) is 11.0 Å². The number of aromatic nitrogens is 2. The summed E-state index contributed by atoms with van der Waals surface area (Å²) in [6.45, 7) is 6.41. The van der Waals surface area contributed by atoms with Crippen LogP contribution in [-0.4, -0.2) is 40.0 Å². The van der Waals surface area contributed by atoms with E-state index in [0.29, 0.717) is 24.9 Å². The van der Waals surface area contributed by atoms with E-state index < -0.39 is 0 Å². The lowest BCUT2D eigenvalue weighted by Crippen LogP contribution is -2.40. The van der Waals surface area contributed by atoms with Crippen molar-refractivity contribution in [2.75, 3.05) is 19.6 Å². The monoisotopic (exact) mass is 350 g/mol. The number of para-hydroxylation sites is 2. The average Bonchev–Trinajstić information content (AvgIpc) is 2.95. The van der Waals surface area contributed by atoms with E-state index in [-0.39, 0.29) is 18.3 Å². The number of halogens is 1. The van der Waals surface area contributed by atoms with Crippen LogP contribution in [0.1, 0.15) is 50.9 Å². The van der Waals surface area contributed by atoms with E-state index in [2.05, 4.69) is 36.6 Å². The van der Waals surface area contributed by atoms with Gasteiger partial charge in [-0.25, -0.2) is 4.98 Å². The molecule has 1 amide bonds. The second-order valence-corrected chi connectivity index (χ2v) is 6.64. The van der Waals surface area contributed by atoms with Crippen molar-refractivity contribution in [2.45, 2.75) is 45.1 Å². The van der Waals surface area contributed by atoms with Crippen LogP contribution in [0.2, 0.25) is 0 Å². The van der Waals surface area contributed by atoms with Gasteiger partial charge in [0.2, 0.25) is 5.91 Å². The van der Waals surface area contributed by atoms with Gasteiger partial charge in [0.15, 0.2) is 0 Å². The van der Waals surface area contributed by atoms with Crippen molar-refractivity contribution < 1.29 is 4.79 Å². The number of nitrogens with two attached hydrogens (primary N) is 1. The Hall–Kier alpha value is -1.59. The van der Waals surface area contributed by atoms with Gasteiger partial charge < -0.3 is 15.2 Å². The predicted octanol–water partition coefficient (Wildman–Crippen LogP) is 3.09. The number of imidazole rings is 1. The summed E-state index contributed by atoms with van der Waals surface area (Å²) < 4.78 is 2.33. The third-order valence-corrected chi connectivity index (χ3v) is 4.64. The molecule has 1 atom stereocenters. The lowest BCUT2D eigenvalue weighted by molar-refractivity contribution is -0.132. The van der Waals surface area contributed by atoms with E-state index in [4.69, 9.17) is 10.7 Å². The highest BCUT2D eigenvalue weighted by Crippen LogP contribution is 2.31. The van der Waals surface area contributed by atoms with E-state index in [1.165, 1.54) is 5.52 Å². The maximum Gasteiger partial charge on any atom is 0.223 e. The SMILES string of the molecule is CC(C)n1c(C2CCCN(C(=O)CCN)C2)nc2ccccc21.Cl. The molecule has 0 aliphatic carbocycles. The molecule has 2 heterocycles. The standard InChI is InChI=1S/C18H26N4O.ClH/c1-13(2)22-16-8-4-3-7-15(16)20-18(22)14-6-5-11-21(12-14)17(23)9-10-19;/h3-4,7-8,13-14H,5-6,9-12,19H2,1-2H3;1H. The van der Waals surface area contributed by atoms with Crippen LogP contribution in [0, 0.1) is 0 Å². The molecule has 6 heteroatoms. The highest BCUT2D eigenvalue weighted by molar-refractivity contribution is 5.85. The number of piperidine rings is 1. The minimum Gasteiger partial charge on any atom is -0.342 e. The Kier molecular flexibility index (Phi) is 6.24. The van der Waals surface area contributed by atoms with Crippen LogP contribution in [0.3, 0.4) is 0 Å². The molecule has 0 bridgehead atoms. The number of likely N-dealkylation sites (tertiary alicyclic amines) is 1. The number of amides is 1. The fraction of sp³-hybridized carbons (Fsp3) is 0.556. The van der Waals surface area contributed by atoms with Gasteiger partial charge in [-0.3, -0.25) is 4.79 Å². The van der Waals surface area contributed by atoms with Crippen LogP contribution in [0.5, 0.6) is 0 Å².